The third-order valence-electron chi connectivity index (χ3n) is 2.94. The van der Waals surface area contributed by atoms with Gasteiger partial charge in [0.15, 0.2) is 0 Å². The Kier molecular flexibility index (Phi) is 3.41. The van der Waals surface area contributed by atoms with Crippen LogP contribution in [0.2, 0.25) is 0 Å². The van der Waals surface area contributed by atoms with Crippen molar-refractivity contribution < 1.29 is 9.13 Å². The predicted octanol–water partition coefficient (Wildman–Crippen LogP) is 1.63. The Hall–Kier alpha value is -1.13. The highest BCUT2D eigenvalue weighted by Crippen LogP contribution is 2.16. The molecule has 0 bridgehead atoms. The van der Waals surface area contributed by atoms with Gasteiger partial charge < -0.3 is 10.5 Å². The van der Waals surface area contributed by atoms with Crippen molar-refractivity contribution in [1.82, 2.24) is 4.90 Å². The lowest BCUT2D eigenvalue weighted by Crippen LogP contribution is -2.31. The largest absolute Gasteiger partial charge is 0.399 e. The molecular formula is C12H17FN2O. The van der Waals surface area contributed by atoms with Crippen LogP contribution in [0.15, 0.2) is 18.2 Å². The Bertz CT molecular complexity index is 344. The molecule has 1 unspecified atom stereocenters. The van der Waals surface area contributed by atoms with Crippen LogP contribution in [-0.2, 0) is 11.3 Å². The van der Waals surface area contributed by atoms with Crippen LogP contribution >= 0.6 is 0 Å². The molecule has 0 amide bonds. The Morgan fingerprint density at radius 2 is 2.31 bits per heavy atom. The lowest BCUT2D eigenvalue weighted by molar-refractivity contribution is 0.156. The van der Waals surface area contributed by atoms with Gasteiger partial charge in [0.25, 0.3) is 0 Å². The van der Waals surface area contributed by atoms with Crippen LogP contribution in [0.3, 0.4) is 0 Å². The fourth-order valence-electron chi connectivity index (χ4n) is 2.05. The molecule has 2 N–H and O–H groups in total. The number of hydrogen-bond donors (Lipinski definition) is 1. The van der Waals surface area contributed by atoms with Gasteiger partial charge in [0.2, 0.25) is 0 Å². The van der Waals surface area contributed by atoms with E-state index in [1.807, 2.05) is 13.1 Å². The Morgan fingerprint density at radius 3 is 2.94 bits per heavy atom. The molecular weight excluding hydrogens is 207 g/mol. The number of rotatable bonds is 3. The smallest absolute Gasteiger partial charge is 0.125 e. The number of hydrogen-bond acceptors (Lipinski definition) is 3. The van der Waals surface area contributed by atoms with Gasteiger partial charge in [-0.25, -0.2) is 4.39 Å². The molecule has 88 valence electrons. The molecule has 1 atom stereocenters. The summed E-state index contributed by atoms with van der Waals surface area (Å²) in [6.07, 6.45) is 1.04. The van der Waals surface area contributed by atoms with Gasteiger partial charge in [-0.1, -0.05) is 0 Å². The highest BCUT2D eigenvalue weighted by Gasteiger charge is 2.20. The van der Waals surface area contributed by atoms with Crippen LogP contribution in [0.5, 0.6) is 0 Å². The molecule has 1 aliphatic heterocycles. The van der Waals surface area contributed by atoms with Gasteiger partial charge in [0.1, 0.15) is 5.82 Å². The van der Waals surface area contributed by atoms with Crippen molar-refractivity contribution in [2.24, 2.45) is 0 Å². The van der Waals surface area contributed by atoms with Gasteiger partial charge in [-0.15, -0.1) is 0 Å². The quantitative estimate of drug-likeness (QED) is 0.793. The molecule has 3 nitrogen and oxygen atoms in total. The van der Waals surface area contributed by atoms with E-state index in [1.54, 1.807) is 0 Å². The minimum atomic E-state index is -0.272. The monoisotopic (exact) mass is 224 g/mol. The summed E-state index contributed by atoms with van der Waals surface area (Å²) in [5.41, 5.74) is 6.99. The topological polar surface area (TPSA) is 38.5 Å². The molecule has 4 heteroatoms. The molecule has 0 saturated carbocycles. The number of ether oxygens (including phenoxy) is 1. The lowest BCUT2D eigenvalue weighted by atomic mass is 10.1. The van der Waals surface area contributed by atoms with Crippen molar-refractivity contribution >= 4 is 5.69 Å². The summed E-state index contributed by atoms with van der Waals surface area (Å²) in [7, 11) is 2.03. The first-order valence-electron chi connectivity index (χ1n) is 5.48. The van der Waals surface area contributed by atoms with Crippen molar-refractivity contribution in [2.45, 2.75) is 19.0 Å². The standard InChI is InChI=1S/C12H17FN2O/c1-15(12-2-3-16-8-12)7-9-4-10(13)6-11(14)5-9/h4-6,12H,2-3,7-8,14H2,1H3. The molecule has 0 aliphatic carbocycles. The average Bonchev–Trinajstić information content (AvgIpc) is 2.68. The fraction of sp³-hybridized carbons (Fsp3) is 0.500. The van der Waals surface area contributed by atoms with E-state index in [2.05, 4.69) is 4.90 Å². The third-order valence-corrected chi connectivity index (χ3v) is 2.94. The minimum Gasteiger partial charge on any atom is -0.399 e. The highest BCUT2D eigenvalue weighted by molar-refractivity contribution is 5.41. The van der Waals surface area contributed by atoms with Crippen LogP contribution in [0.4, 0.5) is 10.1 Å². The van der Waals surface area contributed by atoms with Crippen molar-refractivity contribution in [3.8, 4) is 0 Å². The van der Waals surface area contributed by atoms with E-state index < -0.39 is 0 Å². The Morgan fingerprint density at radius 1 is 1.50 bits per heavy atom. The SMILES string of the molecule is CN(Cc1cc(N)cc(F)c1)C1CCOC1. The third kappa shape index (κ3) is 2.71. The van der Waals surface area contributed by atoms with Crippen molar-refractivity contribution in [1.29, 1.82) is 0 Å². The number of nitrogen functional groups attached to an aromatic ring is 1. The van der Waals surface area contributed by atoms with E-state index in [4.69, 9.17) is 10.5 Å². The number of halogens is 1. The first-order chi connectivity index (χ1) is 7.65. The summed E-state index contributed by atoms with van der Waals surface area (Å²) < 4.78 is 18.5. The van der Waals surface area contributed by atoms with Crippen LogP contribution in [-0.4, -0.2) is 31.2 Å². The Balaban J connectivity index is 2.02. The van der Waals surface area contributed by atoms with Gasteiger partial charge >= 0.3 is 0 Å². The molecule has 0 aromatic heterocycles. The average molecular weight is 224 g/mol. The number of likely N-dealkylation sites (N-methyl/N-ethyl adjacent to an activating group) is 1. The van der Waals surface area contributed by atoms with Crippen LogP contribution < -0.4 is 5.73 Å². The van der Waals surface area contributed by atoms with E-state index in [0.29, 0.717) is 18.3 Å². The maximum atomic E-state index is 13.1. The summed E-state index contributed by atoms with van der Waals surface area (Å²) >= 11 is 0. The van der Waals surface area contributed by atoms with Crippen molar-refractivity contribution in [2.75, 3.05) is 26.0 Å². The highest BCUT2D eigenvalue weighted by atomic mass is 19.1. The molecule has 16 heavy (non-hydrogen) atoms. The second-order valence-electron chi connectivity index (χ2n) is 4.33. The van der Waals surface area contributed by atoms with E-state index in [9.17, 15) is 4.39 Å². The first kappa shape index (κ1) is 11.4. The fourth-order valence-corrected chi connectivity index (χ4v) is 2.05. The van der Waals surface area contributed by atoms with Crippen LogP contribution in [0.25, 0.3) is 0 Å². The van der Waals surface area contributed by atoms with Gasteiger partial charge in [-0.2, -0.15) is 0 Å². The maximum Gasteiger partial charge on any atom is 0.125 e. The molecule has 2 rings (SSSR count). The minimum absolute atomic E-state index is 0.272. The summed E-state index contributed by atoms with van der Waals surface area (Å²) in [6.45, 7) is 2.29. The number of benzene rings is 1. The molecule has 0 spiro atoms. The van der Waals surface area contributed by atoms with E-state index >= 15 is 0 Å². The number of nitrogens with two attached hydrogens (primary N) is 1. The Labute approximate surface area is 95.0 Å². The summed E-state index contributed by atoms with van der Waals surface area (Å²) in [6, 6.07) is 5.12. The normalized spacial score (nSPS) is 20.6. The van der Waals surface area contributed by atoms with Crippen LogP contribution in [0.1, 0.15) is 12.0 Å². The summed E-state index contributed by atoms with van der Waals surface area (Å²) in [4.78, 5) is 2.18. The maximum absolute atomic E-state index is 13.1. The van der Waals surface area contributed by atoms with Gasteiger partial charge in [0.05, 0.1) is 6.61 Å². The first-order valence-corrected chi connectivity index (χ1v) is 5.48. The molecule has 1 aromatic rings. The molecule has 1 heterocycles. The van der Waals surface area contributed by atoms with E-state index in [-0.39, 0.29) is 5.82 Å². The van der Waals surface area contributed by atoms with Crippen LogP contribution in [0, 0.1) is 5.82 Å². The van der Waals surface area contributed by atoms with E-state index in [0.717, 1.165) is 25.2 Å². The molecule has 1 aromatic carbocycles. The zero-order chi connectivity index (χ0) is 11.5. The zero-order valence-corrected chi connectivity index (χ0v) is 9.45. The molecule has 0 radical (unpaired) electrons. The van der Waals surface area contributed by atoms with Gasteiger partial charge in [0, 0.05) is 24.9 Å². The second-order valence-corrected chi connectivity index (χ2v) is 4.33. The van der Waals surface area contributed by atoms with Crippen molar-refractivity contribution in [3.05, 3.63) is 29.6 Å². The zero-order valence-electron chi connectivity index (χ0n) is 9.45. The summed E-state index contributed by atoms with van der Waals surface area (Å²) in [5.74, 6) is -0.272. The molecule has 1 saturated heterocycles. The van der Waals surface area contributed by atoms with Gasteiger partial charge in [-0.05, 0) is 37.2 Å². The van der Waals surface area contributed by atoms with Gasteiger partial charge in [-0.3, -0.25) is 4.90 Å². The number of nitrogens with zero attached hydrogens (tertiary/aromatic N) is 1. The predicted molar refractivity (Wildman–Crippen MR) is 61.5 cm³/mol. The lowest BCUT2D eigenvalue weighted by Gasteiger charge is -2.22. The number of anilines is 1. The van der Waals surface area contributed by atoms with E-state index in [1.165, 1.54) is 12.1 Å². The molecule has 1 fully saturated rings. The molecule has 1 aliphatic rings. The van der Waals surface area contributed by atoms with Crippen molar-refractivity contribution in [3.63, 3.8) is 0 Å². The second kappa shape index (κ2) is 4.80. The summed E-state index contributed by atoms with van der Waals surface area (Å²) in [5, 5.41) is 0.